The molecule has 0 aliphatic rings. The van der Waals surface area contributed by atoms with E-state index in [9.17, 15) is 0 Å². The Morgan fingerprint density at radius 2 is 1.90 bits per heavy atom. The van der Waals surface area contributed by atoms with Crippen LogP contribution in [0.15, 0.2) is 6.20 Å². The number of likely N-dealkylation sites (N-methyl/N-ethyl adjacent to an activating group) is 1. The first-order valence-corrected chi connectivity index (χ1v) is 7.80. The third kappa shape index (κ3) is 4.32. The zero-order valence-electron chi connectivity index (χ0n) is 14.3. The fourth-order valence-electron chi connectivity index (χ4n) is 3.05. The Morgan fingerprint density at radius 3 is 2.30 bits per heavy atom. The van der Waals surface area contributed by atoms with Crippen LogP contribution in [-0.4, -0.2) is 41.4 Å². The summed E-state index contributed by atoms with van der Waals surface area (Å²) >= 11 is 0. The van der Waals surface area contributed by atoms with Gasteiger partial charge in [0, 0.05) is 37.4 Å². The molecule has 4 nitrogen and oxygen atoms in total. The van der Waals surface area contributed by atoms with Gasteiger partial charge in [-0.15, -0.1) is 0 Å². The molecule has 1 N–H and O–H groups in total. The molecule has 4 heteroatoms. The van der Waals surface area contributed by atoms with Crippen molar-refractivity contribution in [3.8, 4) is 0 Å². The summed E-state index contributed by atoms with van der Waals surface area (Å²) in [6, 6.07) is 0.935. The van der Waals surface area contributed by atoms with E-state index in [0.29, 0.717) is 12.1 Å². The summed E-state index contributed by atoms with van der Waals surface area (Å²) in [5.74, 6) is 0.750. The van der Waals surface area contributed by atoms with Gasteiger partial charge in [-0.05, 0) is 33.9 Å². The fraction of sp³-hybridized carbons (Fsp3) is 0.812. The number of hydrogen-bond donors (Lipinski definition) is 1. The number of aromatic nitrogens is 2. The van der Waals surface area contributed by atoms with Crippen LogP contribution >= 0.6 is 0 Å². The number of aryl methyl sites for hydroxylation is 2. The number of nitrogens with one attached hydrogen (secondary N) is 1. The van der Waals surface area contributed by atoms with Crippen LogP contribution in [0.3, 0.4) is 0 Å². The van der Waals surface area contributed by atoms with Crippen LogP contribution in [0.4, 0.5) is 0 Å². The molecule has 1 rings (SSSR count). The van der Waals surface area contributed by atoms with Crippen molar-refractivity contribution in [2.24, 2.45) is 13.0 Å². The largest absolute Gasteiger partial charge is 0.309 e. The first-order chi connectivity index (χ1) is 9.40. The summed E-state index contributed by atoms with van der Waals surface area (Å²) in [4.78, 5) is 2.35. The monoisotopic (exact) mass is 280 g/mol. The molecule has 20 heavy (non-hydrogen) atoms. The molecule has 0 aliphatic carbocycles. The topological polar surface area (TPSA) is 33.1 Å². The van der Waals surface area contributed by atoms with E-state index in [-0.39, 0.29) is 0 Å². The Kier molecular flexibility index (Phi) is 6.69. The molecular formula is C16H32N4. The summed E-state index contributed by atoms with van der Waals surface area (Å²) in [5.41, 5.74) is 2.42. The summed E-state index contributed by atoms with van der Waals surface area (Å²) in [5, 5.41) is 8.12. The average molecular weight is 280 g/mol. The van der Waals surface area contributed by atoms with Gasteiger partial charge in [0.05, 0.1) is 5.69 Å². The molecule has 1 aromatic rings. The predicted octanol–water partition coefficient (Wildman–Crippen LogP) is 2.75. The standard InChI is InChI=1S/C16H32N4/c1-8-14(9-2)16(19(5)6)10-17-12(3)15-11-20(7)18-13(15)4/h11-12,14,16-17H,8-10H2,1-7H3. The molecule has 0 radical (unpaired) electrons. The maximum atomic E-state index is 4.43. The summed E-state index contributed by atoms with van der Waals surface area (Å²) in [6.07, 6.45) is 4.59. The highest BCUT2D eigenvalue weighted by Gasteiger charge is 2.21. The molecule has 2 unspecified atom stereocenters. The van der Waals surface area contributed by atoms with E-state index >= 15 is 0 Å². The molecule has 0 amide bonds. The number of hydrogen-bond acceptors (Lipinski definition) is 3. The SMILES string of the molecule is CCC(CC)C(CNC(C)c1cn(C)nc1C)N(C)C. The van der Waals surface area contributed by atoms with E-state index in [1.807, 2.05) is 11.7 Å². The second-order valence-electron chi connectivity index (χ2n) is 6.08. The van der Waals surface area contributed by atoms with Crippen molar-refractivity contribution in [2.75, 3.05) is 20.6 Å². The van der Waals surface area contributed by atoms with E-state index in [4.69, 9.17) is 0 Å². The van der Waals surface area contributed by atoms with E-state index < -0.39 is 0 Å². The Bertz CT molecular complexity index is 393. The van der Waals surface area contributed by atoms with Crippen molar-refractivity contribution in [3.05, 3.63) is 17.5 Å². The van der Waals surface area contributed by atoms with E-state index in [1.165, 1.54) is 18.4 Å². The lowest BCUT2D eigenvalue weighted by Crippen LogP contribution is -2.43. The van der Waals surface area contributed by atoms with Crippen molar-refractivity contribution < 1.29 is 0 Å². The van der Waals surface area contributed by atoms with Gasteiger partial charge in [0.1, 0.15) is 0 Å². The van der Waals surface area contributed by atoms with E-state index in [0.717, 1.165) is 18.2 Å². The first-order valence-electron chi connectivity index (χ1n) is 7.80. The zero-order valence-corrected chi connectivity index (χ0v) is 14.3. The highest BCUT2D eigenvalue weighted by atomic mass is 15.3. The third-order valence-corrected chi connectivity index (χ3v) is 4.41. The van der Waals surface area contributed by atoms with Gasteiger partial charge >= 0.3 is 0 Å². The van der Waals surface area contributed by atoms with Crippen LogP contribution in [0.2, 0.25) is 0 Å². The van der Waals surface area contributed by atoms with Gasteiger partial charge in [0.2, 0.25) is 0 Å². The van der Waals surface area contributed by atoms with Crippen molar-refractivity contribution in [1.29, 1.82) is 0 Å². The highest BCUT2D eigenvalue weighted by Crippen LogP contribution is 2.19. The lowest BCUT2D eigenvalue weighted by molar-refractivity contribution is 0.190. The van der Waals surface area contributed by atoms with Gasteiger partial charge in [0.15, 0.2) is 0 Å². The van der Waals surface area contributed by atoms with Gasteiger partial charge in [-0.25, -0.2) is 0 Å². The molecule has 0 saturated carbocycles. The first kappa shape index (κ1) is 17.2. The van der Waals surface area contributed by atoms with Crippen molar-refractivity contribution in [1.82, 2.24) is 20.0 Å². The molecule has 0 aromatic carbocycles. The molecule has 0 bridgehead atoms. The Hall–Kier alpha value is -0.870. The van der Waals surface area contributed by atoms with Crippen LogP contribution in [-0.2, 0) is 7.05 Å². The van der Waals surface area contributed by atoms with Gasteiger partial charge in [-0.3, -0.25) is 4.68 Å². The van der Waals surface area contributed by atoms with Crippen LogP contribution in [0.1, 0.15) is 50.9 Å². The molecular weight excluding hydrogens is 248 g/mol. The van der Waals surface area contributed by atoms with Crippen molar-refractivity contribution >= 4 is 0 Å². The maximum absolute atomic E-state index is 4.43. The normalized spacial score (nSPS) is 15.1. The van der Waals surface area contributed by atoms with Crippen molar-refractivity contribution in [3.63, 3.8) is 0 Å². The van der Waals surface area contributed by atoms with Gasteiger partial charge in [-0.2, -0.15) is 5.10 Å². The summed E-state index contributed by atoms with van der Waals surface area (Å²) in [7, 11) is 6.35. The van der Waals surface area contributed by atoms with Crippen LogP contribution in [0.25, 0.3) is 0 Å². The predicted molar refractivity (Wildman–Crippen MR) is 85.9 cm³/mol. The minimum Gasteiger partial charge on any atom is -0.309 e. The average Bonchev–Trinajstić information content (AvgIpc) is 2.72. The zero-order chi connectivity index (χ0) is 15.3. The lowest BCUT2D eigenvalue weighted by atomic mass is 9.93. The van der Waals surface area contributed by atoms with Crippen LogP contribution < -0.4 is 5.32 Å². The summed E-state index contributed by atoms with van der Waals surface area (Å²) < 4.78 is 1.90. The molecule has 1 aromatic heterocycles. The minimum atomic E-state index is 0.348. The lowest BCUT2D eigenvalue weighted by Gasteiger charge is -2.32. The smallest absolute Gasteiger partial charge is 0.0641 e. The van der Waals surface area contributed by atoms with E-state index in [2.05, 4.69) is 63.3 Å². The highest BCUT2D eigenvalue weighted by molar-refractivity contribution is 5.19. The molecule has 0 fully saturated rings. The van der Waals surface area contributed by atoms with Crippen LogP contribution in [0, 0.1) is 12.8 Å². The quantitative estimate of drug-likeness (QED) is 0.795. The third-order valence-electron chi connectivity index (χ3n) is 4.41. The van der Waals surface area contributed by atoms with Crippen LogP contribution in [0.5, 0.6) is 0 Å². The Balaban J connectivity index is 2.65. The molecule has 0 aliphatic heterocycles. The molecule has 116 valence electrons. The minimum absolute atomic E-state index is 0.348. The molecule has 0 spiro atoms. The number of nitrogens with zero attached hydrogens (tertiary/aromatic N) is 3. The molecule has 0 saturated heterocycles. The fourth-order valence-corrected chi connectivity index (χ4v) is 3.05. The van der Waals surface area contributed by atoms with Gasteiger partial charge in [-0.1, -0.05) is 26.7 Å². The Morgan fingerprint density at radius 1 is 1.30 bits per heavy atom. The summed E-state index contributed by atoms with van der Waals surface area (Å²) in [6.45, 7) is 9.91. The second-order valence-corrected chi connectivity index (χ2v) is 6.08. The second kappa shape index (κ2) is 7.79. The Labute approximate surface area is 124 Å². The van der Waals surface area contributed by atoms with Gasteiger partial charge in [0.25, 0.3) is 0 Å². The molecule has 1 heterocycles. The maximum Gasteiger partial charge on any atom is 0.0641 e. The number of rotatable bonds is 8. The van der Waals surface area contributed by atoms with Crippen molar-refractivity contribution in [2.45, 2.75) is 52.6 Å². The van der Waals surface area contributed by atoms with Gasteiger partial charge < -0.3 is 10.2 Å². The molecule has 2 atom stereocenters. The van der Waals surface area contributed by atoms with E-state index in [1.54, 1.807) is 0 Å².